The molecule has 2 aliphatic heterocycles. The van der Waals surface area contributed by atoms with Crippen LogP contribution in [-0.2, 0) is 17.6 Å². The average Bonchev–Trinajstić information content (AvgIpc) is 2.96. The summed E-state index contributed by atoms with van der Waals surface area (Å²) in [7, 11) is 0. The number of rotatable bonds is 4. The summed E-state index contributed by atoms with van der Waals surface area (Å²) in [5.74, 6) is -0.0138. The van der Waals surface area contributed by atoms with Gasteiger partial charge in [-0.15, -0.1) is 0 Å². The molecule has 1 unspecified atom stereocenters. The van der Waals surface area contributed by atoms with E-state index in [1.54, 1.807) is 6.07 Å². The summed E-state index contributed by atoms with van der Waals surface area (Å²) >= 11 is 0. The fourth-order valence-electron chi connectivity index (χ4n) is 4.23. The molecule has 2 aliphatic rings. The number of nitrogens with zero attached hydrogens (tertiary/aromatic N) is 4. The van der Waals surface area contributed by atoms with E-state index in [1.807, 2.05) is 6.21 Å². The molecule has 2 N–H and O–H groups in total. The van der Waals surface area contributed by atoms with Gasteiger partial charge in [0.2, 0.25) is 0 Å². The number of fused-ring (bicyclic) bond motifs is 2. The van der Waals surface area contributed by atoms with Gasteiger partial charge in [-0.05, 0) is 31.9 Å². The van der Waals surface area contributed by atoms with E-state index in [-0.39, 0.29) is 11.5 Å². The van der Waals surface area contributed by atoms with Crippen molar-refractivity contribution >= 4 is 22.8 Å². The summed E-state index contributed by atoms with van der Waals surface area (Å²) in [6, 6.07) is 5.27. The van der Waals surface area contributed by atoms with Crippen LogP contribution in [0.3, 0.4) is 0 Å². The molecule has 152 valence electrons. The van der Waals surface area contributed by atoms with E-state index in [2.05, 4.69) is 11.0 Å². The Hall–Kier alpha value is -2.69. The van der Waals surface area contributed by atoms with Gasteiger partial charge in [0.05, 0.1) is 30.5 Å². The normalized spacial score (nSPS) is 20.4. The third kappa shape index (κ3) is 4.34. The molecule has 0 amide bonds. The fourth-order valence-corrected chi connectivity index (χ4v) is 4.23. The van der Waals surface area contributed by atoms with Crippen molar-refractivity contribution in [3.63, 3.8) is 0 Å². The molecule has 1 saturated heterocycles. The van der Waals surface area contributed by atoms with Crippen LogP contribution in [0.4, 0.5) is 5.69 Å². The van der Waals surface area contributed by atoms with Crippen molar-refractivity contribution < 1.29 is 14.9 Å². The molecule has 0 aliphatic carbocycles. The molecule has 0 saturated carbocycles. The second-order valence-electron chi connectivity index (χ2n) is 7.75. The first-order valence-electron chi connectivity index (χ1n) is 10.2. The lowest BCUT2D eigenvalue weighted by molar-refractivity contribution is 0.146. The Morgan fingerprint density at radius 2 is 2.10 bits per heavy atom. The van der Waals surface area contributed by atoms with Crippen molar-refractivity contribution in [2.75, 3.05) is 32.8 Å². The van der Waals surface area contributed by atoms with Crippen LogP contribution in [0, 0.1) is 17.2 Å². The van der Waals surface area contributed by atoms with Gasteiger partial charge < -0.3 is 19.8 Å². The Bertz CT molecular complexity index is 967. The van der Waals surface area contributed by atoms with Crippen LogP contribution < -0.4 is 0 Å². The van der Waals surface area contributed by atoms with Crippen LogP contribution in [0.2, 0.25) is 0 Å². The van der Waals surface area contributed by atoms with Gasteiger partial charge in [0.1, 0.15) is 0 Å². The Balaban J connectivity index is 1.70. The van der Waals surface area contributed by atoms with E-state index in [0.717, 1.165) is 61.2 Å². The van der Waals surface area contributed by atoms with Crippen molar-refractivity contribution in [2.45, 2.75) is 32.1 Å². The number of phenolic OH excluding ortho intramolecular Hbond substituents is 2. The van der Waals surface area contributed by atoms with Crippen molar-refractivity contribution in [1.82, 2.24) is 9.88 Å². The van der Waals surface area contributed by atoms with Crippen molar-refractivity contribution in [3.8, 4) is 17.6 Å². The molecule has 3 heterocycles. The summed E-state index contributed by atoms with van der Waals surface area (Å²) in [5, 5.41) is 29.5. The molecule has 1 aromatic heterocycles. The van der Waals surface area contributed by atoms with E-state index in [9.17, 15) is 10.2 Å². The molecular weight excluding hydrogens is 368 g/mol. The number of piperidine rings is 1. The van der Waals surface area contributed by atoms with E-state index in [0.29, 0.717) is 37.5 Å². The van der Waals surface area contributed by atoms with Crippen LogP contribution in [0.15, 0.2) is 17.1 Å². The number of benzene rings is 1. The Morgan fingerprint density at radius 1 is 1.28 bits per heavy atom. The second-order valence-corrected chi connectivity index (χ2v) is 7.75. The lowest BCUT2D eigenvalue weighted by atomic mass is 9.98. The molecule has 0 bridgehead atoms. The number of hydrogen-bond donors (Lipinski definition) is 2. The minimum Gasteiger partial charge on any atom is -0.504 e. The van der Waals surface area contributed by atoms with Crippen LogP contribution >= 0.6 is 0 Å². The first-order chi connectivity index (χ1) is 14.2. The first-order valence-corrected chi connectivity index (χ1v) is 10.2. The molecular formula is C22H26N4O3. The zero-order chi connectivity index (χ0) is 20.2. The van der Waals surface area contributed by atoms with Crippen molar-refractivity contribution in [3.05, 3.63) is 23.4 Å². The van der Waals surface area contributed by atoms with Crippen molar-refractivity contribution in [2.24, 2.45) is 10.9 Å². The van der Waals surface area contributed by atoms with E-state index < -0.39 is 0 Å². The van der Waals surface area contributed by atoms with Gasteiger partial charge in [-0.2, -0.15) is 5.26 Å². The van der Waals surface area contributed by atoms with Crippen LogP contribution in [0.1, 0.15) is 30.5 Å². The summed E-state index contributed by atoms with van der Waals surface area (Å²) in [6.45, 7) is 3.99. The standard InChI is InChI=1S/C22H26N4O3/c23-6-2-8-26-7-1-3-15(14-26)13-24-22-16-4-9-29-10-5-18(16)25-19-12-21(28)20(27)11-17(19)22/h11-13,15,27-28H,1-5,7-10,14H2/b24-13-. The number of aromatic nitrogens is 1. The number of pyridine rings is 1. The molecule has 7 heteroatoms. The van der Waals surface area contributed by atoms with Crippen LogP contribution in [0.5, 0.6) is 11.5 Å². The van der Waals surface area contributed by atoms with E-state index in [4.69, 9.17) is 20.0 Å². The SMILES string of the molecule is N#CCCN1CCCC(/C=N\c2c3c(nc4cc(O)c(O)cc24)CCOCC3)C1. The van der Waals surface area contributed by atoms with Gasteiger partial charge >= 0.3 is 0 Å². The predicted octanol–water partition coefficient (Wildman–Crippen LogP) is 3.09. The molecule has 1 aromatic carbocycles. The lowest BCUT2D eigenvalue weighted by Crippen LogP contribution is -2.36. The molecule has 2 aromatic rings. The number of nitriles is 1. The molecule has 7 nitrogen and oxygen atoms in total. The van der Waals surface area contributed by atoms with E-state index in [1.165, 1.54) is 6.07 Å². The number of ether oxygens (including phenoxy) is 1. The second kappa shape index (κ2) is 8.76. The number of phenols is 2. The smallest absolute Gasteiger partial charge is 0.159 e. The Labute approximate surface area is 170 Å². The molecule has 1 fully saturated rings. The summed E-state index contributed by atoms with van der Waals surface area (Å²) in [5.41, 5.74) is 3.47. The number of aliphatic imine (C=N–C) groups is 1. The highest BCUT2D eigenvalue weighted by Gasteiger charge is 2.21. The molecule has 29 heavy (non-hydrogen) atoms. The Kier molecular flexibility index (Phi) is 5.93. The average molecular weight is 394 g/mol. The number of aromatic hydroxyl groups is 2. The molecule has 4 rings (SSSR count). The summed E-state index contributed by atoms with van der Waals surface area (Å²) < 4.78 is 5.63. The van der Waals surface area contributed by atoms with Gasteiger partial charge in [-0.25, -0.2) is 0 Å². The zero-order valence-corrected chi connectivity index (χ0v) is 16.5. The summed E-state index contributed by atoms with van der Waals surface area (Å²) in [6.07, 6.45) is 6.18. The fraction of sp³-hybridized carbons (Fsp3) is 0.500. The minimum absolute atomic E-state index is 0.166. The third-order valence-corrected chi connectivity index (χ3v) is 5.71. The van der Waals surface area contributed by atoms with Crippen molar-refractivity contribution in [1.29, 1.82) is 5.26 Å². The maximum atomic E-state index is 10.0. The van der Waals surface area contributed by atoms with Crippen LogP contribution in [-0.4, -0.2) is 59.2 Å². The molecule has 0 radical (unpaired) electrons. The largest absolute Gasteiger partial charge is 0.504 e. The zero-order valence-electron chi connectivity index (χ0n) is 16.5. The number of hydrogen-bond acceptors (Lipinski definition) is 7. The van der Waals surface area contributed by atoms with Gasteiger partial charge in [0, 0.05) is 60.8 Å². The maximum absolute atomic E-state index is 10.0. The van der Waals surface area contributed by atoms with Gasteiger partial charge in [-0.3, -0.25) is 9.98 Å². The monoisotopic (exact) mass is 394 g/mol. The highest BCUT2D eigenvalue weighted by Crippen LogP contribution is 2.38. The van der Waals surface area contributed by atoms with Gasteiger partial charge in [0.15, 0.2) is 11.5 Å². The minimum atomic E-state index is -0.176. The molecule has 0 spiro atoms. The first kappa shape index (κ1) is 19.6. The van der Waals surface area contributed by atoms with E-state index >= 15 is 0 Å². The third-order valence-electron chi connectivity index (χ3n) is 5.71. The molecule has 1 atom stereocenters. The quantitative estimate of drug-likeness (QED) is 0.610. The topological polar surface area (TPSA) is 102 Å². The highest BCUT2D eigenvalue weighted by molar-refractivity contribution is 5.95. The van der Waals surface area contributed by atoms with Gasteiger partial charge in [0.25, 0.3) is 0 Å². The lowest BCUT2D eigenvalue weighted by Gasteiger charge is -2.30. The predicted molar refractivity (Wildman–Crippen MR) is 111 cm³/mol. The summed E-state index contributed by atoms with van der Waals surface area (Å²) in [4.78, 5) is 11.9. The maximum Gasteiger partial charge on any atom is 0.159 e. The highest BCUT2D eigenvalue weighted by atomic mass is 16.5. The Morgan fingerprint density at radius 3 is 2.97 bits per heavy atom. The van der Waals surface area contributed by atoms with Gasteiger partial charge in [-0.1, -0.05) is 0 Å². The number of likely N-dealkylation sites (tertiary alicyclic amines) is 1. The van der Waals surface area contributed by atoms with Crippen LogP contribution in [0.25, 0.3) is 10.9 Å².